The molecular weight excluding hydrogens is 162 g/mol. The Balaban J connectivity index is 2.46. The highest BCUT2D eigenvalue weighted by molar-refractivity contribution is 5.52. The standard InChI is InChI=1S/C11H13NO/c1-2-8-3-4-11-9(7-8)10(12)5-6-13-11/h2-4,7,10H,1,5-6,12H2/t10-/m0/s1. The minimum absolute atomic E-state index is 0.114. The summed E-state index contributed by atoms with van der Waals surface area (Å²) in [5.74, 6) is 0.921. The fourth-order valence-electron chi connectivity index (χ4n) is 1.57. The average molecular weight is 175 g/mol. The summed E-state index contributed by atoms with van der Waals surface area (Å²) >= 11 is 0. The van der Waals surface area contributed by atoms with E-state index in [0.717, 1.165) is 29.9 Å². The molecule has 1 aromatic carbocycles. The van der Waals surface area contributed by atoms with Crippen LogP contribution in [0.5, 0.6) is 5.75 Å². The zero-order chi connectivity index (χ0) is 9.26. The summed E-state index contributed by atoms with van der Waals surface area (Å²) in [6.45, 7) is 4.45. The second kappa shape index (κ2) is 3.23. The van der Waals surface area contributed by atoms with E-state index in [0.29, 0.717) is 0 Å². The van der Waals surface area contributed by atoms with E-state index in [1.54, 1.807) is 0 Å². The van der Waals surface area contributed by atoms with Crippen LogP contribution in [0.25, 0.3) is 6.08 Å². The van der Waals surface area contributed by atoms with Crippen LogP contribution in [-0.4, -0.2) is 6.61 Å². The molecule has 0 fully saturated rings. The van der Waals surface area contributed by atoms with Crippen LogP contribution in [-0.2, 0) is 0 Å². The van der Waals surface area contributed by atoms with Crippen molar-refractivity contribution >= 4 is 6.08 Å². The Hall–Kier alpha value is -1.28. The van der Waals surface area contributed by atoms with Crippen LogP contribution in [0.4, 0.5) is 0 Å². The number of hydrogen-bond acceptors (Lipinski definition) is 2. The van der Waals surface area contributed by atoms with Gasteiger partial charge in [0.1, 0.15) is 5.75 Å². The summed E-state index contributed by atoms with van der Waals surface area (Å²) in [4.78, 5) is 0. The van der Waals surface area contributed by atoms with Gasteiger partial charge < -0.3 is 10.5 Å². The molecule has 68 valence electrons. The highest BCUT2D eigenvalue weighted by Gasteiger charge is 2.17. The molecule has 2 nitrogen and oxygen atoms in total. The van der Waals surface area contributed by atoms with Crippen LogP contribution in [0.2, 0.25) is 0 Å². The summed E-state index contributed by atoms with van der Waals surface area (Å²) < 4.78 is 5.48. The third-order valence-corrected chi connectivity index (χ3v) is 2.36. The van der Waals surface area contributed by atoms with Gasteiger partial charge in [0.05, 0.1) is 6.61 Å². The van der Waals surface area contributed by atoms with Gasteiger partial charge in [0.25, 0.3) is 0 Å². The molecule has 0 spiro atoms. The van der Waals surface area contributed by atoms with Crippen LogP contribution >= 0.6 is 0 Å². The van der Waals surface area contributed by atoms with Crippen molar-refractivity contribution in [3.8, 4) is 5.75 Å². The summed E-state index contributed by atoms with van der Waals surface area (Å²) in [6, 6.07) is 6.12. The van der Waals surface area contributed by atoms with Crippen LogP contribution in [0.1, 0.15) is 23.6 Å². The lowest BCUT2D eigenvalue weighted by Crippen LogP contribution is -2.20. The molecule has 0 unspecified atom stereocenters. The molecule has 2 rings (SSSR count). The van der Waals surface area contributed by atoms with Crippen molar-refractivity contribution in [1.82, 2.24) is 0 Å². The predicted molar refractivity (Wildman–Crippen MR) is 53.6 cm³/mol. The van der Waals surface area contributed by atoms with Crippen LogP contribution in [0.3, 0.4) is 0 Å². The van der Waals surface area contributed by atoms with Crippen molar-refractivity contribution in [2.75, 3.05) is 6.61 Å². The third kappa shape index (κ3) is 1.45. The number of benzene rings is 1. The van der Waals surface area contributed by atoms with Crippen molar-refractivity contribution in [3.63, 3.8) is 0 Å². The topological polar surface area (TPSA) is 35.2 Å². The average Bonchev–Trinajstić information content (AvgIpc) is 2.18. The number of rotatable bonds is 1. The van der Waals surface area contributed by atoms with Gasteiger partial charge in [0, 0.05) is 18.0 Å². The van der Waals surface area contributed by atoms with Crippen molar-refractivity contribution in [2.45, 2.75) is 12.5 Å². The molecule has 0 bridgehead atoms. The van der Waals surface area contributed by atoms with E-state index < -0.39 is 0 Å². The first-order valence-corrected chi connectivity index (χ1v) is 4.46. The summed E-state index contributed by atoms with van der Waals surface area (Å²) in [6.07, 6.45) is 2.72. The monoisotopic (exact) mass is 175 g/mol. The van der Waals surface area contributed by atoms with Crippen molar-refractivity contribution < 1.29 is 4.74 Å². The van der Waals surface area contributed by atoms with Gasteiger partial charge in [-0.1, -0.05) is 18.7 Å². The molecule has 0 saturated heterocycles. The fourth-order valence-corrected chi connectivity index (χ4v) is 1.57. The highest BCUT2D eigenvalue weighted by Crippen LogP contribution is 2.31. The van der Waals surface area contributed by atoms with E-state index in [1.807, 2.05) is 24.3 Å². The molecule has 1 aromatic rings. The second-order valence-electron chi connectivity index (χ2n) is 3.25. The predicted octanol–water partition coefficient (Wildman–Crippen LogP) is 2.11. The number of nitrogens with two attached hydrogens (primary N) is 1. The molecule has 13 heavy (non-hydrogen) atoms. The van der Waals surface area contributed by atoms with Gasteiger partial charge in [0.15, 0.2) is 0 Å². The van der Waals surface area contributed by atoms with Gasteiger partial charge in [-0.3, -0.25) is 0 Å². The molecule has 0 radical (unpaired) electrons. The summed E-state index contributed by atoms with van der Waals surface area (Å²) in [5.41, 5.74) is 8.15. The normalized spacial score (nSPS) is 20.2. The van der Waals surface area contributed by atoms with Gasteiger partial charge >= 0.3 is 0 Å². The van der Waals surface area contributed by atoms with Crippen LogP contribution in [0.15, 0.2) is 24.8 Å². The van der Waals surface area contributed by atoms with Crippen molar-refractivity contribution in [1.29, 1.82) is 0 Å². The first-order chi connectivity index (χ1) is 6.31. The zero-order valence-electron chi connectivity index (χ0n) is 7.49. The molecular formula is C11H13NO. The summed E-state index contributed by atoms with van der Waals surface area (Å²) in [5, 5.41) is 0. The van der Waals surface area contributed by atoms with E-state index in [4.69, 9.17) is 10.5 Å². The molecule has 2 N–H and O–H groups in total. The maximum absolute atomic E-state index is 5.96. The Morgan fingerprint density at radius 1 is 1.54 bits per heavy atom. The molecule has 1 aliphatic heterocycles. The van der Waals surface area contributed by atoms with Gasteiger partial charge in [0.2, 0.25) is 0 Å². The minimum atomic E-state index is 0.114. The highest BCUT2D eigenvalue weighted by atomic mass is 16.5. The Kier molecular flexibility index (Phi) is 2.07. The van der Waals surface area contributed by atoms with Crippen molar-refractivity contribution in [2.24, 2.45) is 5.73 Å². The molecule has 0 saturated carbocycles. The lowest BCUT2D eigenvalue weighted by molar-refractivity contribution is 0.269. The molecule has 2 heteroatoms. The molecule has 1 atom stereocenters. The number of ether oxygens (including phenoxy) is 1. The van der Waals surface area contributed by atoms with Crippen molar-refractivity contribution in [3.05, 3.63) is 35.9 Å². The molecule has 0 amide bonds. The third-order valence-electron chi connectivity index (χ3n) is 2.36. The first-order valence-electron chi connectivity index (χ1n) is 4.46. The first kappa shape index (κ1) is 8.32. The fraction of sp³-hybridized carbons (Fsp3) is 0.273. The molecule has 1 aliphatic rings. The smallest absolute Gasteiger partial charge is 0.124 e. The van der Waals surface area contributed by atoms with Gasteiger partial charge in [-0.25, -0.2) is 0 Å². The van der Waals surface area contributed by atoms with Crippen LogP contribution in [0, 0.1) is 0 Å². The minimum Gasteiger partial charge on any atom is -0.493 e. The zero-order valence-corrected chi connectivity index (χ0v) is 7.49. The lowest BCUT2D eigenvalue weighted by atomic mass is 9.99. The van der Waals surface area contributed by atoms with E-state index >= 15 is 0 Å². The Labute approximate surface area is 78.0 Å². The molecule has 0 aromatic heterocycles. The lowest BCUT2D eigenvalue weighted by Gasteiger charge is -2.23. The largest absolute Gasteiger partial charge is 0.493 e. The Morgan fingerprint density at radius 2 is 2.38 bits per heavy atom. The summed E-state index contributed by atoms with van der Waals surface area (Å²) in [7, 11) is 0. The van der Waals surface area contributed by atoms with Gasteiger partial charge in [-0.15, -0.1) is 0 Å². The van der Waals surface area contributed by atoms with Crippen LogP contribution < -0.4 is 10.5 Å². The molecule has 1 heterocycles. The van der Waals surface area contributed by atoms with E-state index in [2.05, 4.69) is 6.58 Å². The number of fused-ring (bicyclic) bond motifs is 1. The van der Waals surface area contributed by atoms with E-state index in [9.17, 15) is 0 Å². The van der Waals surface area contributed by atoms with E-state index in [-0.39, 0.29) is 6.04 Å². The second-order valence-corrected chi connectivity index (χ2v) is 3.25. The quantitative estimate of drug-likeness (QED) is 0.709. The van der Waals surface area contributed by atoms with E-state index in [1.165, 1.54) is 0 Å². The maximum Gasteiger partial charge on any atom is 0.124 e. The Morgan fingerprint density at radius 3 is 3.15 bits per heavy atom. The van der Waals surface area contributed by atoms with Gasteiger partial charge in [-0.2, -0.15) is 0 Å². The maximum atomic E-state index is 5.96. The SMILES string of the molecule is C=Cc1ccc2c(c1)[C@@H](N)CCO2. The Bertz CT molecular complexity index is 333. The van der Waals surface area contributed by atoms with Gasteiger partial charge in [-0.05, 0) is 17.7 Å². The number of hydrogen-bond donors (Lipinski definition) is 1. The molecule has 0 aliphatic carbocycles.